The van der Waals surface area contributed by atoms with Crippen LogP contribution in [0.5, 0.6) is 0 Å². The zero-order valence-electron chi connectivity index (χ0n) is 16.4. The molecule has 152 valence electrons. The first kappa shape index (κ1) is 19.6. The highest BCUT2D eigenvalue weighted by atomic mass is 32.1. The van der Waals surface area contributed by atoms with E-state index in [1.54, 1.807) is 41.1 Å². The van der Waals surface area contributed by atoms with Gasteiger partial charge in [-0.15, -0.1) is 11.3 Å². The Morgan fingerprint density at radius 3 is 2.62 bits per heavy atom. The molecule has 1 aromatic heterocycles. The largest absolute Gasteiger partial charge is 0.378 e. The lowest BCUT2D eigenvalue weighted by molar-refractivity contribution is -0.141. The molecule has 0 saturated heterocycles. The van der Waals surface area contributed by atoms with Gasteiger partial charge in [-0.1, -0.05) is 30.3 Å². The minimum atomic E-state index is -1.21. The maximum atomic E-state index is 12.9. The average molecular weight is 413 g/mol. The van der Waals surface area contributed by atoms with Crippen molar-refractivity contribution in [1.82, 2.24) is 9.80 Å². The molecule has 4 rings (SSSR count). The number of hydrogen-bond acceptors (Lipinski definition) is 5. The van der Waals surface area contributed by atoms with Crippen molar-refractivity contribution in [3.8, 4) is 0 Å². The number of hydrogen-bond donors (Lipinski definition) is 1. The van der Waals surface area contributed by atoms with E-state index in [0.29, 0.717) is 42.2 Å². The summed E-state index contributed by atoms with van der Waals surface area (Å²) in [6, 6.07) is 8.86. The first-order valence-electron chi connectivity index (χ1n) is 9.64. The molecule has 1 aromatic carbocycles. The Hall–Kier alpha value is -2.71. The molecule has 8 heteroatoms. The third-order valence-electron chi connectivity index (χ3n) is 5.49. The van der Waals surface area contributed by atoms with Gasteiger partial charge in [-0.3, -0.25) is 14.4 Å². The summed E-state index contributed by atoms with van der Waals surface area (Å²) >= 11 is 1.40. The van der Waals surface area contributed by atoms with Gasteiger partial charge in [-0.2, -0.15) is 0 Å². The van der Waals surface area contributed by atoms with E-state index in [1.807, 2.05) is 13.0 Å². The van der Waals surface area contributed by atoms with Crippen molar-refractivity contribution in [3.05, 3.63) is 51.9 Å². The van der Waals surface area contributed by atoms with Gasteiger partial charge < -0.3 is 19.8 Å². The summed E-state index contributed by atoms with van der Waals surface area (Å²) in [6.07, 6.45) is -0.684. The number of nitrogens with zero attached hydrogens (tertiary/aromatic N) is 3. The fourth-order valence-corrected chi connectivity index (χ4v) is 5.36. The smallest absolute Gasteiger partial charge is 0.257 e. The van der Waals surface area contributed by atoms with Crippen LogP contribution in [0.25, 0.3) is 0 Å². The number of carbonyl (C=O) groups excluding carboxylic acids is 3. The molecule has 0 radical (unpaired) electrons. The Bertz CT molecular complexity index is 972. The van der Waals surface area contributed by atoms with Crippen LogP contribution in [0.15, 0.2) is 30.3 Å². The molecule has 29 heavy (non-hydrogen) atoms. The molecule has 3 amide bonds. The van der Waals surface area contributed by atoms with E-state index in [2.05, 4.69) is 0 Å². The van der Waals surface area contributed by atoms with E-state index in [9.17, 15) is 19.5 Å². The lowest BCUT2D eigenvalue weighted by atomic mass is 10.0. The predicted molar refractivity (Wildman–Crippen MR) is 110 cm³/mol. The molecular formula is C21H23N3O4S. The number of benzene rings is 1. The molecule has 7 nitrogen and oxygen atoms in total. The molecule has 0 saturated carbocycles. The summed E-state index contributed by atoms with van der Waals surface area (Å²) in [5.74, 6) is -0.601. The van der Waals surface area contributed by atoms with Crippen LogP contribution in [-0.4, -0.2) is 59.3 Å². The summed E-state index contributed by atoms with van der Waals surface area (Å²) in [6.45, 7) is 3.20. The number of likely N-dealkylation sites (N-methyl/N-ethyl adjacent to an activating group) is 2. The molecule has 0 spiro atoms. The molecule has 0 bridgehead atoms. The van der Waals surface area contributed by atoms with Crippen LogP contribution >= 0.6 is 11.3 Å². The van der Waals surface area contributed by atoms with E-state index in [1.165, 1.54) is 16.2 Å². The van der Waals surface area contributed by atoms with Crippen LogP contribution in [0, 0.1) is 0 Å². The van der Waals surface area contributed by atoms with Gasteiger partial charge in [0.1, 0.15) is 11.5 Å². The third kappa shape index (κ3) is 3.32. The number of amides is 3. The standard InChI is InChI=1S/C21H23N3O4S/c1-3-24-16(25)12-22(2)19(27)17-14-9-10-23(11-15(14)29-21(17)24)20(28)18(26)13-7-5-4-6-8-13/h4-8,18,26H,3,9-12H2,1-2H3. The Morgan fingerprint density at radius 1 is 1.21 bits per heavy atom. The Labute approximate surface area is 173 Å². The summed E-state index contributed by atoms with van der Waals surface area (Å²) in [5.41, 5.74) is 2.08. The quantitative estimate of drug-likeness (QED) is 0.832. The van der Waals surface area contributed by atoms with Crippen molar-refractivity contribution in [3.63, 3.8) is 0 Å². The van der Waals surface area contributed by atoms with Crippen molar-refractivity contribution in [2.45, 2.75) is 26.0 Å². The van der Waals surface area contributed by atoms with Crippen molar-refractivity contribution in [1.29, 1.82) is 0 Å². The van der Waals surface area contributed by atoms with Crippen LogP contribution in [-0.2, 0) is 22.6 Å². The number of carbonyl (C=O) groups is 3. The number of anilines is 1. The minimum Gasteiger partial charge on any atom is -0.378 e. The highest BCUT2D eigenvalue weighted by Gasteiger charge is 2.37. The number of aliphatic hydroxyl groups is 1. The van der Waals surface area contributed by atoms with Gasteiger partial charge >= 0.3 is 0 Å². The normalized spacial score (nSPS) is 17.7. The lowest BCUT2D eigenvalue weighted by Crippen LogP contribution is -2.39. The fourth-order valence-electron chi connectivity index (χ4n) is 3.92. The van der Waals surface area contributed by atoms with Crippen molar-refractivity contribution in [2.75, 3.05) is 31.6 Å². The number of fused-ring (bicyclic) bond motifs is 3. The van der Waals surface area contributed by atoms with Gasteiger partial charge in [0, 0.05) is 25.0 Å². The molecule has 3 heterocycles. The van der Waals surface area contributed by atoms with Crippen LogP contribution in [0.2, 0.25) is 0 Å². The van der Waals surface area contributed by atoms with Crippen LogP contribution in [0.1, 0.15) is 39.4 Å². The highest BCUT2D eigenvalue weighted by molar-refractivity contribution is 7.17. The molecule has 2 aromatic rings. The van der Waals surface area contributed by atoms with Crippen molar-refractivity contribution in [2.24, 2.45) is 0 Å². The SMILES string of the molecule is CCN1C(=O)CN(C)C(=O)c2c1sc1c2CCN(C(=O)C(O)c2ccccc2)C1. The fraction of sp³-hybridized carbons (Fsp3) is 0.381. The zero-order chi connectivity index (χ0) is 20.7. The second-order valence-electron chi connectivity index (χ2n) is 7.31. The molecule has 2 aliphatic heterocycles. The van der Waals surface area contributed by atoms with Gasteiger partial charge in [0.25, 0.3) is 11.8 Å². The van der Waals surface area contributed by atoms with E-state index in [0.717, 1.165) is 10.4 Å². The molecule has 0 aliphatic carbocycles. The highest BCUT2D eigenvalue weighted by Crippen LogP contribution is 2.41. The molecule has 1 N–H and O–H groups in total. The second-order valence-corrected chi connectivity index (χ2v) is 8.39. The lowest BCUT2D eigenvalue weighted by Gasteiger charge is -2.29. The first-order chi connectivity index (χ1) is 13.9. The van der Waals surface area contributed by atoms with E-state index < -0.39 is 6.10 Å². The zero-order valence-corrected chi connectivity index (χ0v) is 17.2. The van der Waals surface area contributed by atoms with E-state index in [4.69, 9.17) is 0 Å². The Morgan fingerprint density at radius 2 is 1.93 bits per heavy atom. The van der Waals surface area contributed by atoms with Crippen LogP contribution in [0.3, 0.4) is 0 Å². The maximum absolute atomic E-state index is 12.9. The number of thiophene rings is 1. The minimum absolute atomic E-state index is 0.0662. The van der Waals surface area contributed by atoms with Crippen LogP contribution in [0.4, 0.5) is 5.00 Å². The molecule has 2 aliphatic rings. The molecule has 1 unspecified atom stereocenters. The first-order valence-corrected chi connectivity index (χ1v) is 10.5. The van der Waals surface area contributed by atoms with Crippen molar-refractivity contribution < 1.29 is 19.5 Å². The van der Waals surface area contributed by atoms with Gasteiger partial charge in [-0.25, -0.2) is 0 Å². The van der Waals surface area contributed by atoms with Gasteiger partial charge in [0.15, 0.2) is 6.10 Å². The summed E-state index contributed by atoms with van der Waals surface area (Å²) in [7, 11) is 1.64. The summed E-state index contributed by atoms with van der Waals surface area (Å²) in [4.78, 5) is 43.9. The molecular weight excluding hydrogens is 390 g/mol. The van der Waals surface area contributed by atoms with Gasteiger partial charge in [0.2, 0.25) is 5.91 Å². The van der Waals surface area contributed by atoms with E-state index in [-0.39, 0.29) is 24.3 Å². The summed E-state index contributed by atoms with van der Waals surface area (Å²) < 4.78 is 0. The third-order valence-corrected chi connectivity index (χ3v) is 6.73. The van der Waals surface area contributed by atoms with Gasteiger partial charge in [-0.05, 0) is 24.5 Å². The summed E-state index contributed by atoms with van der Waals surface area (Å²) in [5, 5.41) is 11.2. The second kappa shape index (κ2) is 7.61. The van der Waals surface area contributed by atoms with Crippen LogP contribution < -0.4 is 4.90 Å². The number of rotatable bonds is 3. The predicted octanol–water partition coefficient (Wildman–Crippen LogP) is 1.80. The molecule has 0 fully saturated rings. The molecule has 1 atom stereocenters. The van der Waals surface area contributed by atoms with Gasteiger partial charge in [0.05, 0.1) is 12.1 Å². The topological polar surface area (TPSA) is 81.2 Å². The average Bonchev–Trinajstić information content (AvgIpc) is 3.07. The number of aliphatic hydroxyl groups excluding tert-OH is 1. The maximum Gasteiger partial charge on any atom is 0.257 e. The van der Waals surface area contributed by atoms with E-state index >= 15 is 0 Å². The monoisotopic (exact) mass is 413 g/mol. The van der Waals surface area contributed by atoms with Crippen molar-refractivity contribution >= 4 is 34.1 Å². The Balaban J connectivity index is 1.65. The Kier molecular flexibility index (Phi) is 5.14.